The summed E-state index contributed by atoms with van der Waals surface area (Å²) in [6, 6.07) is 16.4. The van der Waals surface area contributed by atoms with Crippen molar-refractivity contribution in [3.05, 3.63) is 105 Å². The normalized spacial score (nSPS) is 11.6. The number of non-ortho nitro benzene ring substituents is 1. The number of nitro groups is 1. The molecule has 0 unspecified atom stereocenters. The Balaban J connectivity index is 1.85. The Bertz CT molecular complexity index is 1220. The molecule has 0 amide bonds. The van der Waals surface area contributed by atoms with E-state index in [9.17, 15) is 14.5 Å². The van der Waals surface area contributed by atoms with Gasteiger partial charge in [0.1, 0.15) is 5.82 Å². The van der Waals surface area contributed by atoms with Crippen molar-refractivity contribution in [1.29, 1.82) is 0 Å². The maximum absolute atomic E-state index is 13.3. The highest BCUT2D eigenvalue weighted by Crippen LogP contribution is 2.25. The van der Waals surface area contributed by atoms with E-state index in [0.29, 0.717) is 22.6 Å². The molecule has 6 nitrogen and oxygen atoms in total. The zero-order valence-electron chi connectivity index (χ0n) is 15.1. The third kappa shape index (κ3) is 4.27. The van der Waals surface area contributed by atoms with Gasteiger partial charge in [-0.3, -0.25) is 15.1 Å². The number of pyridine rings is 1. The largest absolute Gasteiger partial charge is 0.312 e. The maximum atomic E-state index is 13.3. The summed E-state index contributed by atoms with van der Waals surface area (Å²) in [6.07, 6.45) is 3.34. The number of nitro benzene ring substituents is 1. The van der Waals surface area contributed by atoms with Crippen molar-refractivity contribution in [2.24, 2.45) is 4.99 Å². The highest BCUT2D eigenvalue weighted by molar-refractivity contribution is 7.07. The zero-order chi connectivity index (χ0) is 20.2. The minimum Gasteiger partial charge on any atom is -0.312 e. The number of rotatable bonds is 5. The van der Waals surface area contributed by atoms with E-state index >= 15 is 0 Å². The summed E-state index contributed by atoms with van der Waals surface area (Å²) < 4.78 is 15.3. The van der Waals surface area contributed by atoms with Gasteiger partial charge >= 0.3 is 0 Å². The standard InChI is InChI=1S/C21H15FN4O2S/c22-17-8-6-15(7-9-17)13-25-20(16-3-1-5-19(11-16)26(27)28)14-29-21(25)24-18-4-2-10-23-12-18/h1-12,14H,13H2. The van der Waals surface area contributed by atoms with Crippen LogP contribution in [-0.4, -0.2) is 14.5 Å². The fourth-order valence-corrected chi connectivity index (χ4v) is 3.81. The molecule has 0 fully saturated rings. The van der Waals surface area contributed by atoms with Crippen LogP contribution >= 0.6 is 11.3 Å². The van der Waals surface area contributed by atoms with Crippen molar-refractivity contribution in [2.75, 3.05) is 0 Å². The number of thiazole rings is 1. The van der Waals surface area contributed by atoms with Gasteiger partial charge in [0.2, 0.25) is 0 Å². The van der Waals surface area contributed by atoms with Crippen LogP contribution in [-0.2, 0) is 6.54 Å². The van der Waals surface area contributed by atoms with Gasteiger partial charge in [-0.15, -0.1) is 11.3 Å². The van der Waals surface area contributed by atoms with Crippen LogP contribution in [0.2, 0.25) is 0 Å². The van der Waals surface area contributed by atoms with Gasteiger partial charge in [0.05, 0.1) is 29.0 Å². The Morgan fingerprint density at radius 2 is 1.97 bits per heavy atom. The van der Waals surface area contributed by atoms with E-state index in [1.807, 2.05) is 22.1 Å². The van der Waals surface area contributed by atoms with Crippen molar-refractivity contribution < 1.29 is 9.31 Å². The van der Waals surface area contributed by atoms with Crippen molar-refractivity contribution in [1.82, 2.24) is 9.55 Å². The molecule has 0 bridgehead atoms. The predicted molar refractivity (Wildman–Crippen MR) is 109 cm³/mol. The minimum absolute atomic E-state index is 0.0211. The number of hydrogen-bond donors (Lipinski definition) is 0. The lowest BCUT2D eigenvalue weighted by atomic mass is 10.1. The average molecular weight is 406 g/mol. The summed E-state index contributed by atoms with van der Waals surface area (Å²) in [6.45, 7) is 0.445. The van der Waals surface area contributed by atoms with Crippen LogP contribution in [0.15, 0.2) is 83.4 Å². The lowest BCUT2D eigenvalue weighted by Gasteiger charge is -2.10. The molecule has 2 aromatic heterocycles. The summed E-state index contributed by atoms with van der Waals surface area (Å²) in [4.78, 5) is 20.2. The first kappa shape index (κ1) is 18.7. The second-order valence-electron chi connectivity index (χ2n) is 6.25. The molecule has 0 atom stereocenters. The maximum Gasteiger partial charge on any atom is 0.270 e. The molecule has 0 aliphatic heterocycles. The van der Waals surface area contributed by atoms with E-state index < -0.39 is 4.92 Å². The van der Waals surface area contributed by atoms with E-state index in [2.05, 4.69) is 9.98 Å². The SMILES string of the molecule is O=[N+]([O-])c1cccc(-c2csc(=Nc3cccnc3)n2Cc2ccc(F)cc2)c1. The van der Waals surface area contributed by atoms with Crippen molar-refractivity contribution >= 4 is 22.7 Å². The van der Waals surface area contributed by atoms with Gasteiger partial charge in [-0.1, -0.05) is 24.3 Å². The molecule has 0 aliphatic rings. The topological polar surface area (TPSA) is 73.3 Å². The molecule has 144 valence electrons. The second kappa shape index (κ2) is 8.15. The van der Waals surface area contributed by atoms with Gasteiger partial charge in [0.15, 0.2) is 4.80 Å². The molecule has 0 aliphatic carbocycles. The zero-order valence-corrected chi connectivity index (χ0v) is 15.9. The molecular formula is C21H15FN4O2S. The van der Waals surface area contributed by atoms with Crippen LogP contribution in [0, 0.1) is 15.9 Å². The molecule has 0 radical (unpaired) electrons. The Kier molecular flexibility index (Phi) is 5.26. The van der Waals surface area contributed by atoms with Crippen molar-refractivity contribution in [3.8, 4) is 11.3 Å². The quantitative estimate of drug-likeness (QED) is 0.348. The van der Waals surface area contributed by atoms with Crippen LogP contribution in [0.3, 0.4) is 0 Å². The molecule has 4 aromatic rings. The highest BCUT2D eigenvalue weighted by Gasteiger charge is 2.13. The molecule has 0 N–H and O–H groups in total. The van der Waals surface area contributed by atoms with E-state index in [0.717, 1.165) is 11.3 Å². The van der Waals surface area contributed by atoms with Gasteiger partial charge < -0.3 is 4.57 Å². The van der Waals surface area contributed by atoms with Crippen LogP contribution in [0.25, 0.3) is 11.3 Å². The average Bonchev–Trinajstić information content (AvgIpc) is 3.12. The van der Waals surface area contributed by atoms with Crippen molar-refractivity contribution in [2.45, 2.75) is 6.54 Å². The smallest absolute Gasteiger partial charge is 0.270 e. The number of nitrogens with zero attached hydrogens (tertiary/aromatic N) is 4. The number of benzene rings is 2. The molecule has 4 rings (SSSR count). The summed E-state index contributed by atoms with van der Waals surface area (Å²) in [5.41, 5.74) is 3.13. The van der Waals surface area contributed by atoms with Gasteiger partial charge in [0.25, 0.3) is 5.69 Å². The summed E-state index contributed by atoms with van der Waals surface area (Å²) in [5.74, 6) is -0.303. The van der Waals surface area contributed by atoms with E-state index in [4.69, 9.17) is 0 Å². The Hall–Kier alpha value is -3.65. The predicted octanol–water partition coefficient (Wildman–Crippen LogP) is 4.94. The number of aromatic nitrogens is 2. The van der Waals surface area contributed by atoms with Gasteiger partial charge in [-0.05, 0) is 29.8 Å². The first-order chi connectivity index (χ1) is 14.1. The second-order valence-corrected chi connectivity index (χ2v) is 7.08. The minimum atomic E-state index is -0.416. The molecule has 2 heterocycles. The molecule has 29 heavy (non-hydrogen) atoms. The lowest BCUT2D eigenvalue weighted by molar-refractivity contribution is -0.384. The molecule has 0 saturated heterocycles. The van der Waals surface area contributed by atoms with E-state index in [1.54, 1.807) is 36.7 Å². The molecular weight excluding hydrogens is 391 g/mol. The number of halogens is 1. The lowest BCUT2D eigenvalue weighted by Crippen LogP contribution is -2.16. The number of hydrogen-bond acceptors (Lipinski definition) is 5. The van der Waals surface area contributed by atoms with Gasteiger partial charge in [-0.2, -0.15) is 0 Å². The molecule has 2 aromatic carbocycles. The third-order valence-corrected chi connectivity index (χ3v) is 5.14. The van der Waals surface area contributed by atoms with Crippen LogP contribution in [0.5, 0.6) is 0 Å². The Morgan fingerprint density at radius 1 is 1.14 bits per heavy atom. The van der Waals surface area contributed by atoms with Crippen molar-refractivity contribution in [3.63, 3.8) is 0 Å². The third-order valence-electron chi connectivity index (χ3n) is 4.28. The molecule has 0 spiro atoms. The summed E-state index contributed by atoms with van der Waals surface area (Å²) >= 11 is 1.43. The summed E-state index contributed by atoms with van der Waals surface area (Å²) in [7, 11) is 0. The molecule has 8 heteroatoms. The van der Waals surface area contributed by atoms with E-state index in [-0.39, 0.29) is 11.5 Å². The van der Waals surface area contributed by atoms with Gasteiger partial charge in [-0.25, -0.2) is 9.38 Å². The Labute approximate surface area is 169 Å². The fraction of sp³-hybridized carbons (Fsp3) is 0.0476. The fourth-order valence-electron chi connectivity index (χ4n) is 2.88. The van der Waals surface area contributed by atoms with Crippen LogP contribution in [0.1, 0.15) is 5.56 Å². The van der Waals surface area contributed by atoms with Crippen LogP contribution in [0.4, 0.5) is 15.8 Å². The van der Waals surface area contributed by atoms with Gasteiger partial charge in [0, 0.05) is 29.3 Å². The van der Waals surface area contributed by atoms with Crippen LogP contribution < -0.4 is 4.80 Å². The Morgan fingerprint density at radius 3 is 2.69 bits per heavy atom. The first-order valence-electron chi connectivity index (χ1n) is 8.72. The summed E-state index contributed by atoms with van der Waals surface area (Å²) in [5, 5.41) is 13.1. The monoisotopic (exact) mass is 406 g/mol. The van der Waals surface area contributed by atoms with E-state index in [1.165, 1.54) is 35.6 Å². The highest BCUT2D eigenvalue weighted by atomic mass is 32.1. The first-order valence-corrected chi connectivity index (χ1v) is 9.60. The molecule has 0 saturated carbocycles.